The van der Waals surface area contributed by atoms with Crippen LogP contribution in [-0.2, 0) is 6.42 Å². The van der Waals surface area contributed by atoms with Crippen molar-refractivity contribution in [1.29, 1.82) is 0 Å². The molecule has 0 saturated heterocycles. The van der Waals surface area contributed by atoms with Crippen molar-refractivity contribution in [2.75, 3.05) is 0 Å². The highest BCUT2D eigenvalue weighted by Crippen LogP contribution is 2.27. The summed E-state index contributed by atoms with van der Waals surface area (Å²) in [5.74, 6) is 0. The fraction of sp³-hybridized carbons (Fsp3) is 0.385. The molecule has 1 aliphatic carbocycles. The summed E-state index contributed by atoms with van der Waals surface area (Å²) in [6, 6.07) is 2.31. The van der Waals surface area contributed by atoms with Crippen LogP contribution in [0.15, 0.2) is 12.1 Å². The second-order valence-electron chi connectivity index (χ2n) is 3.97. The first-order chi connectivity index (χ1) is 6.20. The molecule has 0 saturated carbocycles. The van der Waals surface area contributed by atoms with Crippen molar-refractivity contribution in [2.45, 2.75) is 33.6 Å². The Bertz CT molecular complexity index is 370. The molecule has 0 bridgehead atoms. The number of benzene rings is 1. The topological polar surface area (TPSA) is 0 Å². The molecule has 0 N–H and O–H groups in total. The third-order valence-electron chi connectivity index (χ3n) is 3.08. The summed E-state index contributed by atoms with van der Waals surface area (Å²) >= 11 is 0. The average Bonchev–Trinajstić information content (AvgIpc) is 2.15. The molecule has 0 unspecified atom stereocenters. The predicted octanol–water partition coefficient (Wildman–Crippen LogP) is 3.57. The maximum Gasteiger partial charge on any atom is -0.0193 e. The number of hydrogen-bond acceptors (Lipinski definition) is 0. The number of aryl methyl sites for hydroxylation is 2. The lowest BCUT2D eigenvalue weighted by Crippen LogP contribution is -2.01. The molecular weight excluding hydrogens is 156 g/mol. The third-order valence-corrected chi connectivity index (χ3v) is 3.08. The van der Waals surface area contributed by atoms with Gasteiger partial charge in [0.25, 0.3) is 0 Å². The van der Waals surface area contributed by atoms with Crippen molar-refractivity contribution in [1.82, 2.24) is 0 Å². The zero-order valence-electron chi connectivity index (χ0n) is 8.65. The lowest BCUT2D eigenvalue weighted by Gasteiger charge is -2.17. The molecule has 0 aliphatic heterocycles. The molecule has 0 nitrogen and oxygen atoms in total. The van der Waals surface area contributed by atoms with Gasteiger partial charge in [-0.15, -0.1) is 0 Å². The Morgan fingerprint density at radius 3 is 2.62 bits per heavy atom. The molecule has 0 aromatic heterocycles. The molecule has 68 valence electrons. The van der Waals surface area contributed by atoms with E-state index in [1.165, 1.54) is 35.1 Å². The second kappa shape index (κ2) is 3.02. The van der Waals surface area contributed by atoms with Crippen LogP contribution < -0.4 is 0 Å². The summed E-state index contributed by atoms with van der Waals surface area (Å²) in [5.41, 5.74) is 7.37. The number of hydrogen-bond donors (Lipinski definition) is 0. The molecule has 0 atom stereocenters. The first-order valence-electron chi connectivity index (χ1n) is 4.96. The summed E-state index contributed by atoms with van der Waals surface area (Å²) in [4.78, 5) is 0. The van der Waals surface area contributed by atoms with Crippen LogP contribution in [0, 0.1) is 20.8 Å². The minimum Gasteiger partial charge on any atom is -0.0836 e. The Morgan fingerprint density at radius 2 is 1.85 bits per heavy atom. The van der Waals surface area contributed by atoms with Crippen molar-refractivity contribution < 1.29 is 0 Å². The van der Waals surface area contributed by atoms with E-state index in [1.807, 2.05) is 0 Å². The van der Waals surface area contributed by atoms with E-state index in [1.54, 1.807) is 5.56 Å². The Hall–Kier alpha value is -1.04. The monoisotopic (exact) mass is 172 g/mol. The van der Waals surface area contributed by atoms with Crippen LogP contribution in [0.5, 0.6) is 0 Å². The predicted molar refractivity (Wildman–Crippen MR) is 58.0 cm³/mol. The van der Waals surface area contributed by atoms with Gasteiger partial charge in [-0.3, -0.25) is 0 Å². The van der Waals surface area contributed by atoms with Crippen LogP contribution in [-0.4, -0.2) is 0 Å². The van der Waals surface area contributed by atoms with Gasteiger partial charge >= 0.3 is 0 Å². The van der Waals surface area contributed by atoms with E-state index in [0.29, 0.717) is 0 Å². The summed E-state index contributed by atoms with van der Waals surface area (Å²) in [6.07, 6.45) is 7.00. The zero-order valence-corrected chi connectivity index (χ0v) is 8.65. The fourth-order valence-electron chi connectivity index (χ4n) is 2.16. The van der Waals surface area contributed by atoms with Gasteiger partial charge in [0.05, 0.1) is 0 Å². The van der Waals surface area contributed by atoms with Crippen molar-refractivity contribution in [2.24, 2.45) is 0 Å². The van der Waals surface area contributed by atoms with Crippen LogP contribution in [0.1, 0.15) is 34.2 Å². The maximum atomic E-state index is 2.31. The van der Waals surface area contributed by atoms with E-state index < -0.39 is 0 Å². The molecule has 1 aliphatic rings. The van der Waals surface area contributed by atoms with Gasteiger partial charge in [-0.2, -0.15) is 0 Å². The van der Waals surface area contributed by atoms with E-state index in [4.69, 9.17) is 0 Å². The van der Waals surface area contributed by atoms with Crippen LogP contribution >= 0.6 is 0 Å². The first-order valence-corrected chi connectivity index (χ1v) is 4.96. The largest absolute Gasteiger partial charge is 0.0836 e. The standard InChI is InChI=1S/C13H16/c1-9-8-10(2)12-6-4-5-7-13(12)11(9)3/h5,7-8H,4,6H2,1-3H3. The van der Waals surface area contributed by atoms with Gasteiger partial charge in [0.1, 0.15) is 0 Å². The summed E-state index contributed by atoms with van der Waals surface area (Å²) in [6.45, 7) is 6.65. The minimum atomic E-state index is 1.20. The Morgan fingerprint density at radius 1 is 1.08 bits per heavy atom. The average molecular weight is 172 g/mol. The van der Waals surface area contributed by atoms with Gasteiger partial charge in [0.2, 0.25) is 0 Å². The van der Waals surface area contributed by atoms with Gasteiger partial charge in [-0.1, -0.05) is 18.2 Å². The number of allylic oxidation sites excluding steroid dienone is 1. The molecule has 0 heteroatoms. The van der Waals surface area contributed by atoms with Gasteiger partial charge in [-0.05, 0) is 61.4 Å². The van der Waals surface area contributed by atoms with Crippen LogP contribution in [0.3, 0.4) is 0 Å². The van der Waals surface area contributed by atoms with Gasteiger partial charge in [0, 0.05) is 0 Å². The molecule has 0 radical (unpaired) electrons. The normalized spacial score (nSPS) is 14.4. The third kappa shape index (κ3) is 1.31. The van der Waals surface area contributed by atoms with Crippen LogP contribution in [0.2, 0.25) is 0 Å². The molecule has 0 spiro atoms. The Balaban J connectivity index is 2.72. The van der Waals surface area contributed by atoms with Crippen LogP contribution in [0.25, 0.3) is 6.08 Å². The smallest absolute Gasteiger partial charge is 0.0193 e. The summed E-state index contributed by atoms with van der Waals surface area (Å²) in [7, 11) is 0. The molecule has 13 heavy (non-hydrogen) atoms. The molecule has 0 fully saturated rings. The van der Waals surface area contributed by atoms with E-state index >= 15 is 0 Å². The first kappa shape index (κ1) is 8.55. The zero-order chi connectivity index (χ0) is 9.42. The fourth-order valence-corrected chi connectivity index (χ4v) is 2.16. The highest BCUT2D eigenvalue weighted by Gasteiger charge is 2.11. The Kier molecular flexibility index (Phi) is 1.99. The maximum absolute atomic E-state index is 2.31. The number of rotatable bonds is 0. The molecule has 0 amide bonds. The lowest BCUT2D eigenvalue weighted by molar-refractivity contribution is 0.962. The van der Waals surface area contributed by atoms with Gasteiger partial charge in [-0.25, -0.2) is 0 Å². The van der Waals surface area contributed by atoms with E-state index in [0.717, 1.165) is 0 Å². The van der Waals surface area contributed by atoms with Crippen molar-refractivity contribution in [3.8, 4) is 0 Å². The molecule has 1 aromatic rings. The SMILES string of the molecule is Cc1cc(C)c2c(c1C)C=CCC2. The van der Waals surface area contributed by atoms with E-state index in [-0.39, 0.29) is 0 Å². The lowest BCUT2D eigenvalue weighted by atomic mass is 9.88. The molecule has 1 aromatic carbocycles. The minimum absolute atomic E-state index is 1.20. The summed E-state index contributed by atoms with van der Waals surface area (Å²) in [5, 5.41) is 0. The van der Waals surface area contributed by atoms with Crippen molar-refractivity contribution in [3.63, 3.8) is 0 Å². The van der Waals surface area contributed by atoms with Crippen molar-refractivity contribution >= 4 is 6.08 Å². The van der Waals surface area contributed by atoms with Gasteiger partial charge < -0.3 is 0 Å². The van der Waals surface area contributed by atoms with Crippen LogP contribution in [0.4, 0.5) is 0 Å². The number of fused-ring (bicyclic) bond motifs is 1. The van der Waals surface area contributed by atoms with E-state index in [9.17, 15) is 0 Å². The quantitative estimate of drug-likeness (QED) is 0.561. The molecule has 2 rings (SSSR count). The van der Waals surface area contributed by atoms with Gasteiger partial charge in [0.15, 0.2) is 0 Å². The molecular formula is C13H16. The second-order valence-corrected chi connectivity index (χ2v) is 3.97. The molecule has 0 heterocycles. The Labute approximate surface area is 80.3 Å². The highest BCUT2D eigenvalue weighted by atomic mass is 14.2. The van der Waals surface area contributed by atoms with E-state index in [2.05, 4.69) is 39.0 Å². The summed E-state index contributed by atoms with van der Waals surface area (Å²) < 4.78 is 0. The highest BCUT2D eigenvalue weighted by molar-refractivity contribution is 5.63. The van der Waals surface area contributed by atoms with Crippen molar-refractivity contribution in [3.05, 3.63) is 40.0 Å².